The van der Waals surface area contributed by atoms with Crippen molar-refractivity contribution in [2.45, 2.75) is 18.8 Å². The highest BCUT2D eigenvalue weighted by atomic mass is 14.2. The fourth-order valence-corrected chi connectivity index (χ4v) is 2.39. The van der Waals surface area contributed by atoms with Gasteiger partial charge in [-0.05, 0) is 47.6 Å². The molecule has 3 rings (SSSR count). The smallest absolute Gasteiger partial charge is 0.0156 e. The Morgan fingerprint density at radius 2 is 1.79 bits per heavy atom. The molecule has 0 N–H and O–H groups in total. The van der Waals surface area contributed by atoms with Gasteiger partial charge in [-0.2, -0.15) is 0 Å². The average molecular weight is 181 g/mol. The molecule has 0 bridgehead atoms. The van der Waals surface area contributed by atoms with E-state index >= 15 is 0 Å². The quantitative estimate of drug-likeness (QED) is 0.581. The molecular formula is C14H13. The number of benzene rings is 2. The van der Waals surface area contributed by atoms with Gasteiger partial charge in [-0.1, -0.05) is 36.4 Å². The zero-order chi connectivity index (χ0) is 9.54. The van der Waals surface area contributed by atoms with Gasteiger partial charge < -0.3 is 0 Å². The van der Waals surface area contributed by atoms with Crippen LogP contribution in [0.15, 0.2) is 36.4 Å². The predicted octanol–water partition coefficient (Wildman–Crippen LogP) is 3.70. The standard InChI is InChI=1S/C14H13/c1-10-6-7-13-8-11-4-2-3-5-12(11)9-14(10)13/h2-5,8-10H,1,6-7H2. The molecule has 2 aromatic carbocycles. The molecule has 1 aliphatic rings. The molecule has 0 amide bonds. The molecule has 1 radical (unpaired) electrons. The van der Waals surface area contributed by atoms with Gasteiger partial charge in [0, 0.05) is 0 Å². The lowest BCUT2D eigenvalue weighted by Crippen LogP contribution is -1.86. The van der Waals surface area contributed by atoms with Crippen molar-refractivity contribution in [2.24, 2.45) is 0 Å². The van der Waals surface area contributed by atoms with E-state index < -0.39 is 0 Å². The maximum absolute atomic E-state index is 4.19. The molecule has 0 nitrogen and oxygen atoms in total. The van der Waals surface area contributed by atoms with Gasteiger partial charge in [0.2, 0.25) is 0 Å². The van der Waals surface area contributed by atoms with Crippen LogP contribution in [0.3, 0.4) is 0 Å². The van der Waals surface area contributed by atoms with Crippen LogP contribution in [-0.2, 0) is 6.42 Å². The second kappa shape index (κ2) is 2.84. The molecule has 69 valence electrons. The average Bonchev–Trinajstić information content (AvgIpc) is 2.57. The monoisotopic (exact) mass is 181 g/mol. The summed E-state index contributed by atoms with van der Waals surface area (Å²) in [4.78, 5) is 0. The molecule has 0 spiro atoms. The maximum atomic E-state index is 4.19. The third kappa shape index (κ3) is 1.07. The first-order valence-corrected chi connectivity index (χ1v) is 5.19. The van der Waals surface area contributed by atoms with Crippen LogP contribution in [0.25, 0.3) is 10.8 Å². The Kier molecular flexibility index (Phi) is 1.63. The minimum Gasteiger partial charge on any atom is -0.0616 e. The first kappa shape index (κ1) is 8.05. The second-order valence-corrected chi connectivity index (χ2v) is 4.13. The van der Waals surface area contributed by atoms with Crippen LogP contribution in [0.2, 0.25) is 0 Å². The molecule has 1 unspecified atom stereocenters. The van der Waals surface area contributed by atoms with Crippen LogP contribution in [0, 0.1) is 6.92 Å². The maximum Gasteiger partial charge on any atom is -0.0156 e. The predicted molar refractivity (Wildman–Crippen MR) is 60.4 cm³/mol. The van der Waals surface area contributed by atoms with E-state index in [9.17, 15) is 0 Å². The van der Waals surface area contributed by atoms with Crippen LogP contribution >= 0.6 is 0 Å². The van der Waals surface area contributed by atoms with Crippen molar-refractivity contribution in [3.8, 4) is 0 Å². The summed E-state index contributed by atoms with van der Waals surface area (Å²) in [5.74, 6) is 0.509. The van der Waals surface area contributed by atoms with Gasteiger partial charge in [0.1, 0.15) is 0 Å². The van der Waals surface area contributed by atoms with Crippen LogP contribution in [0.5, 0.6) is 0 Å². The Balaban J connectivity index is 2.33. The Morgan fingerprint density at radius 3 is 2.57 bits per heavy atom. The van der Waals surface area contributed by atoms with Crippen LogP contribution in [0.1, 0.15) is 23.5 Å². The first-order valence-electron chi connectivity index (χ1n) is 5.19. The van der Waals surface area contributed by atoms with Crippen molar-refractivity contribution < 1.29 is 0 Å². The fourth-order valence-electron chi connectivity index (χ4n) is 2.39. The summed E-state index contributed by atoms with van der Waals surface area (Å²) in [6.45, 7) is 4.19. The van der Waals surface area contributed by atoms with Crippen molar-refractivity contribution in [3.63, 3.8) is 0 Å². The molecule has 0 heteroatoms. The lowest BCUT2D eigenvalue weighted by molar-refractivity contribution is 0.811. The van der Waals surface area contributed by atoms with E-state index in [1.807, 2.05) is 0 Å². The van der Waals surface area contributed by atoms with Crippen molar-refractivity contribution >= 4 is 10.8 Å². The van der Waals surface area contributed by atoms with Crippen molar-refractivity contribution in [2.75, 3.05) is 0 Å². The van der Waals surface area contributed by atoms with Crippen molar-refractivity contribution in [3.05, 3.63) is 54.4 Å². The summed E-state index contributed by atoms with van der Waals surface area (Å²) in [5, 5.41) is 2.71. The van der Waals surface area contributed by atoms with E-state index in [0.717, 1.165) is 0 Å². The lowest BCUT2D eigenvalue weighted by Gasteiger charge is -2.06. The summed E-state index contributed by atoms with van der Waals surface area (Å²) in [6, 6.07) is 13.2. The highest BCUT2D eigenvalue weighted by Gasteiger charge is 2.18. The van der Waals surface area contributed by atoms with Crippen molar-refractivity contribution in [1.82, 2.24) is 0 Å². The summed E-state index contributed by atoms with van der Waals surface area (Å²) in [5.41, 5.74) is 2.97. The number of hydrogen-bond donors (Lipinski definition) is 0. The molecular weight excluding hydrogens is 168 g/mol. The third-order valence-corrected chi connectivity index (χ3v) is 3.21. The minimum absolute atomic E-state index is 0.509. The minimum atomic E-state index is 0.509. The van der Waals surface area contributed by atoms with Gasteiger partial charge in [0.25, 0.3) is 0 Å². The molecule has 0 saturated heterocycles. The first-order chi connectivity index (χ1) is 6.84. The Labute approximate surface area is 84.6 Å². The normalized spacial score (nSPS) is 19.9. The molecule has 0 saturated carbocycles. The van der Waals surface area contributed by atoms with E-state index in [-0.39, 0.29) is 0 Å². The molecule has 1 atom stereocenters. The van der Waals surface area contributed by atoms with E-state index in [4.69, 9.17) is 0 Å². The zero-order valence-electron chi connectivity index (χ0n) is 8.16. The fraction of sp³-hybridized carbons (Fsp3) is 0.214. The van der Waals surface area contributed by atoms with Crippen LogP contribution in [0.4, 0.5) is 0 Å². The van der Waals surface area contributed by atoms with E-state index in [2.05, 4.69) is 43.3 Å². The number of aryl methyl sites for hydroxylation is 1. The largest absolute Gasteiger partial charge is 0.0616 e. The van der Waals surface area contributed by atoms with Crippen LogP contribution < -0.4 is 0 Å². The van der Waals surface area contributed by atoms with Gasteiger partial charge in [0.05, 0.1) is 0 Å². The third-order valence-electron chi connectivity index (χ3n) is 3.21. The Morgan fingerprint density at radius 1 is 1.07 bits per heavy atom. The summed E-state index contributed by atoms with van der Waals surface area (Å²) < 4.78 is 0. The SMILES string of the molecule is [CH2]C1CCc2cc3ccccc3cc21. The number of fused-ring (bicyclic) bond motifs is 2. The molecule has 0 aliphatic heterocycles. The highest BCUT2D eigenvalue weighted by Crippen LogP contribution is 2.34. The van der Waals surface area contributed by atoms with Gasteiger partial charge in [-0.3, -0.25) is 0 Å². The number of hydrogen-bond acceptors (Lipinski definition) is 0. The molecule has 0 fully saturated rings. The van der Waals surface area contributed by atoms with E-state index in [1.54, 1.807) is 0 Å². The van der Waals surface area contributed by atoms with Crippen molar-refractivity contribution in [1.29, 1.82) is 0 Å². The lowest BCUT2D eigenvalue weighted by atomic mass is 9.99. The molecule has 0 heterocycles. The summed E-state index contributed by atoms with van der Waals surface area (Å²) in [6.07, 6.45) is 2.42. The number of rotatable bonds is 0. The van der Waals surface area contributed by atoms with Gasteiger partial charge in [0.15, 0.2) is 0 Å². The second-order valence-electron chi connectivity index (χ2n) is 4.13. The Hall–Kier alpha value is -1.30. The van der Waals surface area contributed by atoms with Gasteiger partial charge >= 0.3 is 0 Å². The Bertz CT molecular complexity index is 482. The molecule has 14 heavy (non-hydrogen) atoms. The van der Waals surface area contributed by atoms with E-state index in [1.165, 1.54) is 34.7 Å². The topological polar surface area (TPSA) is 0 Å². The van der Waals surface area contributed by atoms with Gasteiger partial charge in [-0.25, -0.2) is 0 Å². The van der Waals surface area contributed by atoms with Gasteiger partial charge in [-0.15, -0.1) is 0 Å². The molecule has 2 aromatic rings. The van der Waals surface area contributed by atoms with E-state index in [0.29, 0.717) is 5.92 Å². The molecule has 1 aliphatic carbocycles. The summed E-state index contributed by atoms with van der Waals surface area (Å²) >= 11 is 0. The molecule has 0 aromatic heterocycles. The summed E-state index contributed by atoms with van der Waals surface area (Å²) in [7, 11) is 0. The zero-order valence-corrected chi connectivity index (χ0v) is 8.16. The highest BCUT2D eigenvalue weighted by molar-refractivity contribution is 5.84. The van der Waals surface area contributed by atoms with Crippen LogP contribution in [-0.4, -0.2) is 0 Å².